The van der Waals surface area contributed by atoms with E-state index in [0.29, 0.717) is 11.8 Å². The number of rotatable bonds is 7. The van der Waals surface area contributed by atoms with Gasteiger partial charge >= 0.3 is 0 Å². The van der Waals surface area contributed by atoms with E-state index in [0.717, 1.165) is 56.5 Å². The van der Waals surface area contributed by atoms with Crippen LogP contribution in [0.25, 0.3) is 0 Å². The van der Waals surface area contributed by atoms with Crippen LogP contribution in [0.2, 0.25) is 0 Å². The number of hydrogen-bond donors (Lipinski definition) is 0. The number of likely N-dealkylation sites (tertiary alicyclic amines) is 2. The first kappa shape index (κ1) is 20.4. The largest absolute Gasteiger partial charge is 0.339 e. The summed E-state index contributed by atoms with van der Waals surface area (Å²) in [4.78, 5) is 17.3. The van der Waals surface area contributed by atoms with Gasteiger partial charge in [-0.05, 0) is 57.7 Å². The third kappa shape index (κ3) is 5.20. The minimum absolute atomic E-state index is 0.220. The quantitative estimate of drug-likeness (QED) is 0.651. The van der Waals surface area contributed by atoms with Crippen molar-refractivity contribution in [3.8, 4) is 0 Å². The molecule has 0 bridgehead atoms. The molecule has 2 aliphatic rings. The predicted octanol–water partition coefficient (Wildman–Crippen LogP) is 3.42. The Morgan fingerprint density at radius 2 is 1.79 bits per heavy atom. The van der Waals surface area contributed by atoms with Crippen molar-refractivity contribution in [3.63, 3.8) is 0 Å². The van der Waals surface area contributed by atoms with E-state index < -0.39 is 0 Å². The van der Waals surface area contributed by atoms with Crippen molar-refractivity contribution in [3.05, 3.63) is 41.7 Å². The molecule has 1 aromatic heterocycles. The SMILES string of the molecule is CC1CCCCN1C(=O)CSc1nnc(CN2CCCC2)n1Cc1ccccc1. The molecule has 6 nitrogen and oxygen atoms in total. The zero-order valence-electron chi connectivity index (χ0n) is 17.3. The van der Waals surface area contributed by atoms with Crippen LogP contribution in [0.4, 0.5) is 0 Å². The second-order valence-electron chi connectivity index (χ2n) is 8.17. The zero-order valence-corrected chi connectivity index (χ0v) is 18.1. The summed E-state index contributed by atoms with van der Waals surface area (Å²) >= 11 is 1.53. The highest BCUT2D eigenvalue weighted by molar-refractivity contribution is 7.99. The number of benzene rings is 1. The molecular formula is C22H31N5OS. The maximum absolute atomic E-state index is 12.8. The number of carbonyl (C=O) groups excluding carboxylic acids is 1. The Labute approximate surface area is 177 Å². The molecule has 1 atom stereocenters. The van der Waals surface area contributed by atoms with E-state index >= 15 is 0 Å². The van der Waals surface area contributed by atoms with E-state index in [4.69, 9.17) is 0 Å². The maximum Gasteiger partial charge on any atom is 0.233 e. The Bertz CT molecular complexity index is 803. The molecule has 0 saturated carbocycles. The van der Waals surface area contributed by atoms with Crippen molar-refractivity contribution in [2.24, 2.45) is 0 Å². The first-order chi connectivity index (χ1) is 14.2. The molecule has 2 aliphatic heterocycles. The van der Waals surface area contributed by atoms with Gasteiger partial charge in [0.1, 0.15) is 5.82 Å². The van der Waals surface area contributed by atoms with Crippen molar-refractivity contribution in [1.29, 1.82) is 0 Å². The van der Waals surface area contributed by atoms with Gasteiger partial charge in [0.2, 0.25) is 5.91 Å². The lowest BCUT2D eigenvalue weighted by Gasteiger charge is -2.33. The normalized spacial score (nSPS) is 20.3. The average Bonchev–Trinajstić information content (AvgIpc) is 3.38. The molecule has 1 amide bonds. The van der Waals surface area contributed by atoms with Crippen LogP contribution in [0.1, 0.15) is 50.4 Å². The molecular weight excluding hydrogens is 382 g/mol. The molecule has 2 aromatic rings. The number of hydrogen-bond acceptors (Lipinski definition) is 5. The number of piperidine rings is 1. The minimum atomic E-state index is 0.220. The molecule has 2 fully saturated rings. The number of aromatic nitrogens is 3. The molecule has 29 heavy (non-hydrogen) atoms. The van der Waals surface area contributed by atoms with Crippen LogP contribution in [0.3, 0.4) is 0 Å². The van der Waals surface area contributed by atoms with Gasteiger partial charge in [-0.1, -0.05) is 42.1 Å². The topological polar surface area (TPSA) is 54.3 Å². The van der Waals surface area contributed by atoms with E-state index in [1.54, 1.807) is 0 Å². The first-order valence-electron chi connectivity index (χ1n) is 10.8. The number of nitrogens with zero attached hydrogens (tertiary/aromatic N) is 5. The maximum atomic E-state index is 12.8. The third-order valence-electron chi connectivity index (χ3n) is 5.99. The standard InChI is InChI=1S/C22H31N5OS/c1-18-9-5-6-14-26(18)21(28)17-29-22-24-23-20(16-25-12-7-8-13-25)27(22)15-19-10-3-2-4-11-19/h2-4,10-11,18H,5-9,12-17H2,1H3. The van der Waals surface area contributed by atoms with Crippen LogP contribution in [0.5, 0.6) is 0 Å². The van der Waals surface area contributed by atoms with Gasteiger partial charge in [-0.2, -0.15) is 0 Å². The fraction of sp³-hybridized carbons (Fsp3) is 0.591. The van der Waals surface area contributed by atoms with Crippen LogP contribution in [0.15, 0.2) is 35.5 Å². The van der Waals surface area contributed by atoms with Crippen molar-refractivity contribution in [1.82, 2.24) is 24.6 Å². The number of amides is 1. The van der Waals surface area contributed by atoms with Gasteiger partial charge in [0.15, 0.2) is 5.16 Å². The van der Waals surface area contributed by atoms with E-state index in [2.05, 4.69) is 50.9 Å². The summed E-state index contributed by atoms with van der Waals surface area (Å²) in [6, 6.07) is 10.8. The Morgan fingerprint density at radius 1 is 1.03 bits per heavy atom. The highest BCUT2D eigenvalue weighted by atomic mass is 32.2. The lowest BCUT2D eigenvalue weighted by atomic mass is 10.0. The molecule has 7 heteroatoms. The second kappa shape index (κ2) is 9.76. The average molecular weight is 414 g/mol. The Balaban J connectivity index is 1.47. The van der Waals surface area contributed by atoms with Gasteiger partial charge in [0.05, 0.1) is 18.8 Å². The monoisotopic (exact) mass is 413 g/mol. The summed E-state index contributed by atoms with van der Waals surface area (Å²) in [5, 5.41) is 9.82. The van der Waals surface area contributed by atoms with E-state index in [1.807, 2.05) is 11.0 Å². The molecule has 1 unspecified atom stereocenters. The Morgan fingerprint density at radius 3 is 2.55 bits per heavy atom. The third-order valence-corrected chi connectivity index (χ3v) is 6.94. The molecule has 0 spiro atoms. The predicted molar refractivity (Wildman–Crippen MR) is 116 cm³/mol. The van der Waals surface area contributed by atoms with Crippen LogP contribution in [0, 0.1) is 0 Å². The summed E-state index contributed by atoms with van der Waals surface area (Å²) < 4.78 is 2.20. The molecule has 0 radical (unpaired) electrons. The molecule has 2 saturated heterocycles. The van der Waals surface area contributed by atoms with Crippen LogP contribution >= 0.6 is 11.8 Å². The van der Waals surface area contributed by atoms with Gasteiger partial charge in [-0.15, -0.1) is 10.2 Å². The fourth-order valence-electron chi connectivity index (χ4n) is 4.29. The molecule has 0 aliphatic carbocycles. The lowest BCUT2D eigenvalue weighted by molar-refractivity contribution is -0.131. The minimum Gasteiger partial charge on any atom is -0.339 e. The summed E-state index contributed by atoms with van der Waals surface area (Å²) in [6.07, 6.45) is 5.97. The number of carbonyl (C=O) groups is 1. The van der Waals surface area contributed by atoms with E-state index in [9.17, 15) is 4.79 Å². The summed E-state index contributed by atoms with van der Waals surface area (Å²) in [5.74, 6) is 1.65. The van der Waals surface area contributed by atoms with E-state index in [-0.39, 0.29) is 5.91 Å². The molecule has 1 aromatic carbocycles. The Hall–Kier alpha value is -1.86. The van der Waals surface area contributed by atoms with Crippen molar-refractivity contribution in [2.45, 2.75) is 63.3 Å². The zero-order chi connectivity index (χ0) is 20.1. The van der Waals surface area contributed by atoms with Crippen molar-refractivity contribution in [2.75, 3.05) is 25.4 Å². The molecule has 3 heterocycles. The van der Waals surface area contributed by atoms with Crippen LogP contribution in [-0.2, 0) is 17.9 Å². The smallest absolute Gasteiger partial charge is 0.233 e. The van der Waals surface area contributed by atoms with Gasteiger partial charge in [0, 0.05) is 12.6 Å². The van der Waals surface area contributed by atoms with Gasteiger partial charge in [-0.25, -0.2) is 0 Å². The van der Waals surface area contributed by atoms with Gasteiger partial charge in [0.25, 0.3) is 0 Å². The van der Waals surface area contributed by atoms with E-state index in [1.165, 1.54) is 36.6 Å². The molecule has 0 N–H and O–H groups in total. The summed E-state index contributed by atoms with van der Waals surface area (Å²) in [7, 11) is 0. The lowest BCUT2D eigenvalue weighted by Crippen LogP contribution is -2.43. The molecule has 156 valence electrons. The summed E-state index contributed by atoms with van der Waals surface area (Å²) in [5.41, 5.74) is 1.23. The summed E-state index contributed by atoms with van der Waals surface area (Å²) in [6.45, 7) is 6.88. The number of thioether (sulfide) groups is 1. The van der Waals surface area contributed by atoms with Crippen LogP contribution in [-0.4, -0.2) is 61.9 Å². The van der Waals surface area contributed by atoms with Crippen molar-refractivity contribution >= 4 is 17.7 Å². The van der Waals surface area contributed by atoms with Crippen LogP contribution < -0.4 is 0 Å². The highest BCUT2D eigenvalue weighted by Gasteiger charge is 2.24. The fourth-order valence-corrected chi connectivity index (χ4v) is 5.13. The van der Waals surface area contributed by atoms with Gasteiger partial charge < -0.3 is 9.47 Å². The second-order valence-corrected chi connectivity index (χ2v) is 9.12. The van der Waals surface area contributed by atoms with Gasteiger partial charge in [-0.3, -0.25) is 9.69 Å². The molecule has 4 rings (SSSR count). The van der Waals surface area contributed by atoms with Crippen molar-refractivity contribution < 1.29 is 4.79 Å². The first-order valence-corrected chi connectivity index (χ1v) is 11.8. The highest BCUT2D eigenvalue weighted by Crippen LogP contribution is 2.23. The Kier molecular flexibility index (Phi) is 6.87.